The van der Waals surface area contributed by atoms with Gasteiger partial charge >= 0.3 is 0 Å². The molecule has 0 radical (unpaired) electrons. The third-order valence-electron chi connectivity index (χ3n) is 4.30. The minimum Gasteiger partial charge on any atom is -0.372 e. The molecule has 1 aromatic heterocycles. The van der Waals surface area contributed by atoms with Gasteiger partial charge in [0.25, 0.3) is 0 Å². The van der Waals surface area contributed by atoms with E-state index < -0.39 is 0 Å². The molecule has 1 heterocycles. The fourth-order valence-electron chi connectivity index (χ4n) is 2.83. The van der Waals surface area contributed by atoms with Gasteiger partial charge in [-0.05, 0) is 53.1 Å². The van der Waals surface area contributed by atoms with Gasteiger partial charge in [-0.2, -0.15) is 0 Å². The molecule has 2 aliphatic rings. The summed E-state index contributed by atoms with van der Waals surface area (Å²) in [6, 6.07) is 8.60. The number of nitrogens with one attached hydrogen (secondary N) is 1. The zero-order valence-corrected chi connectivity index (χ0v) is 13.7. The molecule has 0 spiro atoms. The molecule has 2 fully saturated rings. The second kappa shape index (κ2) is 5.09. The van der Waals surface area contributed by atoms with Crippen molar-refractivity contribution in [3.63, 3.8) is 0 Å². The van der Waals surface area contributed by atoms with Gasteiger partial charge in [0, 0.05) is 18.5 Å². The number of halogens is 1. The van der Waals surface area contributed by atoms with Gasteiger partial charge in [-0.3, -0.25) is 0 Å². The van der Waals surface area contributed by atoms with E-state index in [4.69, 9.17) is 9.97 Å². The Bertz CT molecular complexity index is 690. The molecule has 2 aliphatic carbocycles. The first-order chi connectivity index (χ1) is 10.3. The molecule has 4 heteroatoms. The van der Waals surface area contributed by atoms with Crippen LogP contribution < -0.4 is 5.32 Å². The molecule has 0 saturated heterocycles. The van der Waals surface area contributed by atoms with Crippen LogP contribution in [0.25, 0.3) is 11.4 Å². The SMILES string of the molecule is CNc1nc(-c2ccccc2C2CC2)nc(C2CC2)c1Br. The van der Waals surface area contributed by atoms with Gasteiger partial charge in [0.1, 0.15) is 5.82 Å². The van der Waals surface area contributed by atoms with E-state index in [1.165, 1.54) is 36.8 Å². The predicted molar refractivity (Wildman–Crippen MR) is 88.7 cm³/mol. The Labute approximate surface area is 133 Å². The van der Waals surface area contributed by atoms with E-state index >= 15 is 0 Å². The largest absolute Gasteiger partial charge is 0.372 e. The lowest BCUT2D eigenvalue weighted by Crippen LogP contribution is -2.03. The number of nitrogens with zero attached hydrogens (tertiary/aromatic N) is 2. The number of aromatic nitrogens is 2. The minimum atomic E-state index is 0.598. The van der Waals surface area contributed by atoms with Gasteiger partial charge in [-0.15, -0.1) is 0 Å². The van der Waals surface area contributed by atoms with Crippen molar-refractivity contribution in [3.8, 4) is 11.4 Å². The number of benzene rings is 1. The summed E-state index contributed by atoms with van der Waals surface area (Å²) in [4.78, 5) is 9.62. The van der Waals surface area contributed by atoms with Crippen molar-refractivity contribution in [2.45, 2.75) is 37.5 Å². The Morgan fingerprint density at radius 3 is 2.43 bits per heavy atom. The van der Waals surface area contributed by atoms with Crippen LogP contribution in [0.5, 0.6) is 0 Å². The summed E-state index contributed by atoms with van der Waals surface area (Å²) >= 11 is 3.66. The first-order valence-corrected chi connectivity index (χ1v) is 8.41. The van der Waals surface area contributed by atoms with Crippen LogP contribution in [0.3, 0.4) is 0 Å². The molecule has 3 nitrogen and oxygen atoms in total. The lowest BCUT2D eigenvalue weighted by molar-refractivity contribution is 0.975. The summed E-state index contributed by atoms with van der Waals surface area (Å²) in [5, 5.41) is 3.19. The number of hydrogen-bond donors (Lipinski definition) is 1. The molecule has 4 rings (SSSR count). The Kier molecular flexibility index (Phi) is 3.21. The summed E-state index contributed by atoms with van der Waals surface area (Å²) in [5.74, 6) is 3.07. The van der Waals surface area contributed by atoms with Crippen LogP contribution in [0.15, 0.2) is 28.7 Å². The summed E-state index contributed by atoms with van der Waals surface area (Å²) in [5.41, 5.74) is 3.77. The highest BCUT2D eigenvalue weighted by atomic mass is 79.9. The molecule has 2 saturated carbocycles. The standard InChI is InChI=1S/C17H18BrN3/c1-19-17-14(18)15(11-8-9-11)20-16(21-17)13-5-3-2-4-12(13)10-6-7-10/h2-5,10-11H,6-9H2,1H3,(H,19,20,21). The molecular formula is C17H18BrN3. The molecule has 0 unspecified atom stereocenters. The number of anilines is 1. The van der Waals surface area contributed by atoms with E-state index in [1.807, 2.05) is 7.05 Å². The fourth-order valence-corrected chi connectivity index (χ4v) is 3.53. The summed E-state index contributed by atoms with van der Waals surface area (Å²) < 4.78 is 1.03. The van der Waals surface area contributed by atoms with E-state index in [0.29, 0.717) is 11.8 Å². The quantitative estimate of drug-likeness (QED) is 0.873. The van der Waals surface area contributed by atoms with Crippen molar-refractivity contribution in [1.29, 1.82) is 0 Å². The summed E-state index contributed by atoms with van der Waals surface area (Å²) in [7, 11) is 1.92. The van der Waals surface area contributed by atoms with Crippen molar-refractivity contribution in [3.05, 3.63) is 40.0 Å². The third-order valence-corrected chi connectivity index (χ3v) is 5.08. The van der Waals surface area contributed by atoms with Crippen LogP contribution in [0, 0.1) is 0 Å². The Morgan fingerprint density at radius 1 is 1.05 bits per heavy atom. The third kappa shape index (κ3) is 2.46. The molecule has 2 aromatic rings. The highest BCUT2D eigenvalue weighted by Crippen LogP contribution is 2.46. The highest BCUT2D eigenvalue weighted by Gasteiger charge is 2.31. The van der Waals surface area contributed by atoms with Crippen LogP contribution in [-0.2, 0) is 0 Å². The number of hydrogen-bond acceptors (Lipinski definition) is 3. The Hall–Kier alpha value is -1.42. The lowest BCUT2D eigenvalue weighted by Gasteiger charge is -2.13. The molecular weight excluding hydrogens is 326 g/mol. The Morgan fingerprint density at radius 2 is 1.76 bits per heavy atom. The van der Waals surface area contributed by atoms with Crippen molar-refractivity contribution in [2.75, 3.05) is 12.4 Å². The normalized spacial score (nSPS) is 17.8. The molecule has 0 bridgehead atoms. The maximum Gasteiger partial charge on any atom is 0.162 e. The highest BCUT2D eigenvalue weighted by molar-refractivity contribution is 9.10. The van der Waals surface area contributed by atoms with Gasteiger partial charge in [0.15, 0.2) is 5.82 Å². The van der Waals surface area contributed by atoms with Crippen molar-refractivity contribution < 1.29 is 0 Å². The average molecular weight is 344 g/mol. The monoisotopic (exact) mass is 343 g/mol. The molecule has 0 aliphatic heterocycles. The second-order valence-corrected chi connectivity index (χ2v) is 6.77. The zero-order chi connectivity index (χ0) is 14.4. The molecule has 0 atom stereocenters. The zero-order valence-electron chi connectivity index (χ0n) is 12.1. The topological polar surface area (TPSA) is 37.8 Å². The van der Waals surface area contributed by atoms with E-state index in [-0.39, 0.29) is 0 Å². The molecule has 1 N–H and O–H groups in total. The van der Waals surface area contributed by atoms with Gasteiger partial charge in [0.2, 0.25) is 0 Å². The van der Waals surface area contributed by atoms with E-state index in [1.54, 1.807) is 0 Å². The van der Waals surface area contributed by atoms with Crippen molar-refractivity contribution in [1.82, 2.24) is 9.97 Å². The summed E-state index contributed by atoms with van der Waals surface area (Å²) in [6.07, 6.45) is 5.06. The van der Waals surface area contributed by atoms with Crippen LogP contribution in [-0.4, -0.2) is 17.0 Å². The van der Waals surface area contributed by atoms with Crippen LogP contribution >= 0.6 is 15.9 Å². The predicted octanol–water partition coefficient (Wildman–Crippen LogP) is 4.70. The van der Waals surface area contributed by atoms with Crippen molar-refractivity contribution in [2.24, 2.45) is 0 Å². The molecule has 0 amide bonds. The van der Waals surface area contributed by atoms with Crippen molar-refractivity contribution >= 4 is 21.7 Å². The first kappa shape index (κ1) is 13.3. The Balaban J connectivity index is 1.86. The van der Waals surface area contributed by atoms with E-state index in [0.717, 1.165) is 21.8 Å². The molecule has 108 valence electrons. The van der Waals surface area contributed by atoms with Crippen LogP contribution in [0.1, 0.15) is 48.8 Å². The van der Waals surface area contributed by atoms with Gasteiger partial charge < -0.3 is 5.32 Å². The fraction of sp³-hybridized carbons (Fsp3) is 0.412. The average Bonchev–Trinajstić information content (AvgIpc) is 3.40. The van der Waals surface area contributed by atoms with E-state index in [9.17, 15) is 0 Å². The smallest absolute Gasteiger partial charge is 0.162 e. The lowest BCUT2D eigenvalue weighted by atomic mass is 10.0. The minimum absolute atomic E-state index is 0.598. The van der Waals surface area contributed by atoms with Crippen LogP contribution in [0.4, 0.5) is 5.82 Å². The molecule has 21 heavy (non-hydrogen) atoms. The summed E-state index contributed by atoms with van der Waals surface area (Å²) in [6.45, 7) is 0. The van der Waals surface area contributed by atoms with Gasteiger partial charge in [-0.25, -0.2) is 9.97 Å². The van der Waals surface area contributed by atoms with Gasteiger partial charge in [0.05, 0.1) is 10.2 Å². The maximum absolute atomic E-state index is 4.89. The van der Waals surface area contributed by atoms with Gasteiger partial charge in [-0.1, -0.05) is 24.3 Å². The number of rotatable bonds is 4. The first-order valence-electron chi connectivity index (χ1n) is 7.62. The second-order valence-electron chi connectivity index (χ2n) is 5.98. The van der Waals surface area contributed by atoms with Crippen LogP contribution in [0.2, 0.25) is 0 Å². The van der Waals surface area contributed by atoms with E-state index in [2.05, 4.69) is 45.5 Å². The molecule has 1 aromatic carbocycles. The maximum atomic E-state index is 4.89.